The van der Waals surface area contributed by atoms with E-state index in [-0.39, 0.29) is 5.91 Å². The van der Waals surface area contributed by atoms with Gasteiger partial charge in [-0.2, -0.15) is 0 Å². The van der Waals surface area contributed by atoms with E-state index < -0.39 is 5.60 Å². The molecule has 1 N–H and O–H groups in total. The topological polar surface area (TPSA) is 56.7 Å². The molecule has 0 spiro atoms. The Balaban J connectivity index is 1.51. The van der Waals surface area contributed by atoms with Crippen molar-refractivity contribution in [2.75, 3.05) is 31.1 Å². The second-order valence-corrected chi connectivity index (χ2v) is 6.66. The summed E-state index contributed by atoms with van der Waals surface area (Å²) in [5, 5.41) is 13.3. The molecule has 1 aromatic rings. The molecule has 20 heavy (non-hydrogen) atoms. The molecule has 1 amide bonds. The first-order valence-corrected chi connectivity index (χ1v) is 8.19. The maximum absolute atomic E-state index is 12.3. The number of anilines is 1. The Labute approximate surface area is 123 Å². The molecule has 1 aliphatic heterocycles. The fourth-order valence-corrected chi connectivity index (χ4v) is 3.82. The van der Waals surface area contributed by atoms with E-state index in [4.69, 9.17) is 0 Å². The van der Waals surface area contributed by atoms with E-state index >= 15 is 0 Å². The third-order valence-electron chi connectivity index (χ3n) is 4.34. The largest absolute Gasteiger partial charge is 0.389 e. The summed E-state index contributed by atoms with van der Waals surface area (Å²) in [7, 11) is 0. The van der Waals surface area contributed by atoms with Crippen molar-refractivity contribution >= 4 is 22.4 Å². The van der Waals surface area contributed by atoms with Crippen molar-refractivity contribution in [1.82, 2.24) is 9.88 Å². The van der Waals surface area contributed by atoms with Gasteiger partial charge in [0.15, 0.2) is 5.13 Å². The van der Waals surface area contributed by atoms with Crippen molar-refractivity contribution in [2.24, 2.45) is 0 Å². The molecule has 2 heterocycles. The Morgan fingerprint density at radius 3 is 2.60 bits per heavy atom. The Morgan fingerprint density at radius 2 is 2.00 bits per heavy atom. The first kappa shape index (κ1) is 13.8. The van der Waals surface area contributed by atoms with E-state index in [9.17, 15) is 9.90 Å². The highest BCUT2D eigenvalue weighted by Gasteiger charge is 2.35. The van der Waals surface area contributed by atoms with Crippen LogP contribution in [0.25, 0.3) is 0 Å². The van der Waals surface area contributed by atoms with Gasteiger partial charge in [0, 0.05) is 37.8 Å². The molecule has 1 saturated carbocycles. The third kappa shape index (κ3) is 2.96. The molecule has 0 radical (unpaired) electrons. The molecule has 2 fully saturated rings. The molecule has 110 valence electrons. The predicted molar refractivity (Wildman–Crippen MR) is 78.9 cm³/mol. The van der Waals surface area contributed by atoms with Crippen molar-refractivity contribution in [3.63, 3.8) is 0 Å². The number of rotatable bonds is 3. The average Bonchev–Trinajstić information content (AvgIpc) is 3.10. The molecule has 2 aliphatic rings. The lowest BCUT2D eigenvalue weighted by Crippen LogP contribution is -2.50. The fraction of sp³-hybridized carbons (Fsp3) is 0.714. The monoisotopic (exact) mass is 295 g/mol. The van der Waals surface area contributed by atoms with Crippen molar-refractivity contribution in [1.29, 1.82) is 0 Å². The van der Waals surface area contributed by atoms with Gasteiger partial charge >= 0.3 is 0 Å². The molecule has 5 nitrogen and oxygen atoms in total. The van der Waals surface area contributed by atoms with E-state index in [1.54, 1.807) is 11.3 Å². The number of nitrogens with zero attached hydrogens (tertiary/aromatic N) is 3. The quantitative estimate of drug-likeness (QED) is 0.918. The van der Waals surface area contributed by atoms with E-state index in [0.717, 1.165) is 57.0 Å². The summed E-state index contributed by atoms with van der Waals surface area (Å²) in [6.07, 6.45) is 5.75. The van der Waals surface area contributed by atoms with Crippen LogP contribution in [0.4, 0.5) is 5.13 Å². The predicted octanol–water partition coefficient (Wildman–Crippen LogP) is 1.49. The molecular formula is C14H21N3O2S. The SMILES string of the molecule is O=C(CC1(O)CCCC1)N1CCN(c2nccs2)CC1. The van der Waals surface area contributed by atoms with E-state index in [1.165, 1.54) is 0 Å². The van der Waals surface area contributed by atoms with Gasteiger partial charge in [-0.15, -0.1) is 11.3 Å². The highest BCUT2D eigenvalue weighted by molar-refractivity contribution is 7.13. The minimum absolute atomic E-state index is 0.105. The molecule has 3 rings (SSSR count). The zero-order valence-corrected chi connectivity index (χ0v) is 12.4. The average molecular weight is 295 g/mol. The molecule has 6 heteroatoms. The second-order valence-electron chi connectivity index (χ2n) is 5.79. The summed E-state index contributed by atoms with van der Waals surface area (Å²) in [5.41, 5.74) is -0.733. The van der Waals surface area contributed by atoms with Crippen molar-refractivity contribution in [2.45, 2.75) is 37.7 Å². The summed E-state index contributed by atoms with van der Waals surface area (Å²) < 4.78 is 0. The van der Waals surface area contributed by atoms with Gasteiger partial charge in [0.25, 0.3) is 0 Å². The zero-order valence-electron chi connectivity index (χ0n) is 11.6. The van der Waals surface area contributed by atoms with Crippen LogP contribution in [-0.2, 0) is 4.79 Å². The number of carbonyl (C=O) groups excluding carboxylic acids is 1. The van der Waals surface area contributed by atoms with Crippen LogP contribution in [0.15, 0.2) is 11.6 Å². The summed E-state index contributed by atoms with van der Waals surface area (Å²) >= 11 is 1.64. The molecule has 1 aliphatic carbocycles. The first-order chi connectivity index (χ1) is 9.66. The van der Waals surface area contributed by atoms with Gasteiger partial charge in [0.05, 0.1) is 12.0 Å². The lowest BCUT2D eigenvalue weighted by Gasteiger charge is -2.36. The number of aliphatic hydroxyl groups is 1. The van der Waals surface area contributed by atoms with E-state index in [0.29, 0.717) is 6.42 Å². The number of piperazine rings is 1. The molecule has 0 aromatic carbocycles. The molecule has 0 bridgehead atoms. The summed E-state index contributed by atoms with van der Waals surface area (Å²) in [5.74, 6) is 0.105. The maximum Gasteiger partial charge on any atom is 0.225 e. The van der Waals surface area contributed by atoms with Gasteiger partial charge in [-0.05, 0) is 12.8 Å². The molecular weight excluding hydrogens is 274 g/mol. The van der Waals surface area contributed by atoms with Gasteiger partial charge < -0.3 is 14.9 Å². The number of hydrogen-bond acceptors (Lipinski definition) is 5. The van der Waals surface area contributed by atoms with Crippen LogP contribution in [-0.4, -0.2) is 52.7 Å². The maximum atomic E-state index is 12.3. The standard InChI is InChI=1S/C14H21N3O2S/c18-12(11-14(19)3-1-2-4-14)16-6-8-17(9-7-16)13-15-5-10-20-13/h5,10,19H,1-4,6-9,11H2. The minimum Gasteiger partial charge on any atom is -0.389 e. The number of hydrogen-bond donors (Lipinski definition) is 1. The Hall–Kier alpha value is -1.14. The van der Waals surface area contributed by atoms with Gasteiger partial charge in [-0.25, -0.2) is 4.98 Å². The Morgan fingerprint density at radius 1 is 1.30 bits per heavy atom. The van der Waals surface area contributed by atoms with Gasteiger partial charge in [0.2, 0.25) is 5.91 Å². The first-order valence-electron chi connectivity index (χ1n) is 7.31. The number of aromatic nitrogens is 1. The summed E-state index contributed by atoms with van der Waals surface area (Å²) in [6.45, 7) is 3.12. The van der Waals surface area contributed by atoms with E-state index in [2.05, 4.69) is 9.88 Å². The number of amides is 1. The highest BCUT2D eigenvalue weighted by atomic mass is 32.1. The summed E-state index contributed by atoms with van der Waals surface area (Å²) in [4.78, 5) is 20.7. The van der Waals surface area contributed by atoms with Crippen LogP contribution in [0.5, 0.6) is 0 Å². The van der Waals surface area contributed by atoms with Crippen molar-refractivity contribution < 1.29 is 9.90 Å². The second kappa shape index (κ2) is 5.69. The van der Waals surface area contributed by atoms with E-state index in [1.807, 2.05) is 16.5 Å². The van der Waals surface area contributed by atoms with Crippen molar-refractivity contribution in [3.8, 4) is 0 Å². The lowest BCUT2D eigenvalue weighted by atomic mass is 9.97. The fourth-order valence-electron chi connectivity index (χ4n) is 3.12. The van der Waals surface area contributed by atoms with Gasteiger partial charge in [-0.1, -0.05) is 12.8 Å². The van der Waals surface area contributed by atoms with Crippen LogP contribution in [0, 0.1) is 0 Å². The van der Waals surface area contributed by atoms with Crippen molar-refractivity contribution in [3.05, 3.63) is 11.6 Å². The molecule has 1 aromatic heterocycles. The minimum atomic E-state index is -0.733. The van der Waals surface area contributed by atoms with Gasteiger partial charge in [0.1, 0.15) is 0 Å². The Bertz CT molecular complexity index is 449. The van der Waals surface area contributed by atoms with Crippen LogP contribution in [0.1, 0.15) is 32.1 Å². The Kier molecular flexibility index (Phi) is 3.94. The molecule has 1 saturated heterocycles. The van der Waals surface area contributed by atoms with Gasteiger partial charge in [-0.3, -0.25) is 4.79 Å². The number of carbonyl (C=O) groups is 1. The highest BCUT2D eigenvalue weighted by Crippen LogP contribution is 2.33. The lowest BCUT2D eigenvalue weighted by molar-refractivity contribution is -0.136. The van der Waals surface area contributed by atoms with Crippen LogP contribution < -0.4 is 4.90 Å². The zero-order chi connectivity index (χ0) is 14.0. The normalized spacial score (nSPS) is 22.2. The van der Waals surface area contributed by atoms with Crippen LogP contribution >= 0.6 is 11.3 Å². The van der Waals surface area contributed by atoms with Crippen LogP contribution in [0.2, 0.25) is 0 Å². The van der Waals surface area contributed by atoms with Crippen LogP contribution in [0.3, 0.4) is 0 Å². The smallest absolute Gasteiger partial charge is 0.225 e. The summed E-state index contributed by atoms with van der Waals surface area (Å²) in [6, 6.07) is 0. The third-order valence-corrected chi connectivity index (χ3v) is 5.17. The molecule has 0 unspecified atom stereocenters. The molecule has 0 atom stereocenters. The number of thiazole rings is 1.